The van der Waals surface area contributed by atoms with Gasteiger partial charge < -0.3 is 4.74 Å². The van der Waals surface area contributed by atoms with Crippen LogP contribution in [0.5, 0.6) is 5.75 Å². The van der Waals surface area contributed by atoms with Crippen LogP contribution in [0.4, 0.5) is 4.39 Å². The number of hydrogen-bond acceptors (Lipinski definition) is 6. The number of piperazine rings is 1. The molecule has 0 N–H and O–H groups in total. The van der Waals surface area contributed by atoms with E-state index in [1.807, 2.05) is 16.3 Å². The summed E-state index contributed by atoms with van der Waals surface area (Å²) in [4.78, 5) is 14.6. The van der Waals surface area contributed by atoms with Gasteiger partial charge in [0.2, 0.25) is 10.0 Å². The Kier molecular flexibility index (Phi) is 5.71. The first kappa shape index (κ1) is 19.0. The van der Waals surface area contributed by atoms with E-state index in [0.29, 0.717) is 18.0 Å². The minimum Gasteiger partial charge on any atom is -0.495 e. The molecular formula is C17H19FN2O4S2. The molecule has 0 amide bonds. The Hall–Kier alpha value is -1.81. The molecule has 0 radical (unpaired) electrons. The zero-order valence-corrected chi connectivity index (χ0v) is 15.9. The number of hydrogen-bond donors (Lipinski definition) is 0. The molecule has 0 spiro atoms. The summed E-state index contributed by atoms with van der Waals surface area (Å²) in [5.74, 6) is -0.491. The van der Waals surface area contributed by atoms with Crippen LogP contribution in [0.2, 0.25) is 0 Å². The van der Waals surface area contributed by atoms with Gasteiger partial charge in [0.1, 0.15) is 16.5 Å². The van der Waals surface area contributed by atoms with E-state index in [1.165, 1.54) is 28.8 Å². The monoisotopic (exact) mass is 398 g/mol. The lowest BCUT2D eigenvalue weighted by Gasteiger charge is -2.33. The van der Waals surface area contributed by atoms with Gasteiger partial charge in [-0.25, -0.2) is 12.8 Å². The third-order valence-corrected chi connectivity index (χ3v) is 7.07. The quantitative estimate of drug-likeness (QED) is 0.697. The van der Waals surface area contributed by atoms with Crippen LogP contribution in [-0.4, -0.2) is 63.2 Å². The van der Waals surface area contributed by atoms with E-state index in [4.69, 9.17) is 4.74 Å². The SMILES string of the molecule is COc1ccc(F)cc1S(=O)(=O)N1CCN(CC(=O)c2cccs2)CC1. The van der Waals surface area contributed by atoms with Crippen LogP contribution in [-0.2, 0) is 10.0 Å². The van der Waals surface area contributed by atoms with Crippen molar-refractivity contribution >= 4 is 27.1 Å². The third kappa shape index (κ3) is 3.96. The van der Waals surface area contributed by atoms with Gasteiger partial charge in [-0.3, -0.25) is 9.69 Å². The lowest BCUT2D eigenvalue weighted by molar-refractivity contribution is 0.0905. The zero-order valence-electron chi connectivity index (χ0n) is 14.2. The fraction of sp³-hybridized carbons (Fsp3) is 0.353. The molecule has 1 aromatic heterocycles. The van der Waals surface area contributed by atoms with Crippen molar-refractivity contribution in [3.05, 3.63) is 46.4 Å². The molecule has 0 atom stereocenters. The third-order valence-electron chi connectivity index (χ3n) is 4.24. The molecule has 1 aromatic carbocycles. The molecule has 9 heteroatoms. The van der Waals surface area contributed by atoms with Gasteiger partial charge in [-0.05, 0) is 29.6 Å². The van der Waals surface area contributed by atoms with Crippen LogP contribution >= 0.6 is 11.3 Å². The molecule has 140 valence electrons. The van der Waals surface area contributed by atoms with Crippen molar-refractivity contribution in [1.82, 2.24) is 9.21 Å². The van der Waals surface area contributed by atoms with Crippen LogP contribution in [0.1, 0.15) is 9.67 Å². The lowest BCUT2D eigenvalue weighted by atomic mass is 10.2. The van der Waals surface area contributed by atoms with Crippen molar-refractivity contribution in [2.45, 2.75) is 4.90 Å². The highest BCUT2D eigenvalue weighted by molar-refractivity contribution is 7.89. The first-order chi connectivity index (χ1) is 12.4. The van der Waals surface area contributed by atoms with Gasteiger partial charge in [-0.1, -0.05) is 6.07 Å². The molecule has 2 aromatic rings. The van der Waals surface area contributed by atoms with Crippen molar-refractivity contribution in [2.24, 2.45) is 0 Å². The van der Waals surface area contributed by atoms with Crippen molar-refractivity contribution in [1.29, 1.82) is 0 Å². The van der Waals surface area contributed by atoms with Crippen LogP contribution < -0.4 is 4.74 Å². The second-order valence-electron chi connectivity index (χ2n) is 5.88. The Labute approximate surface area is 155 Å². The van der Waals surface area contributed by atoms with Crippen LogP contribution in [0, 0.1) is 5.82 Å². The van der Waals surface area contributed by atoms with Crippen LogP contribution in [0.3, 0.4) is 0 Å². The smallest absolute Gasteiger partial charge is 0.246 e. The Morgan fingerprint density at radius 3 is 2.58 bits per heavy atom. The molecular weight excluding hydrogens is 379 g/mol. The molecule has 1 aliphatic heterocycles. The summed E-state index contributed by atoms with van der Waals surface area (Å²) in [6.45, 7) is 1.61. The molecule has 0 bridgehead atoms. The number of Topliss-reactive ketones (excluding diaryl/α,β-unsaturated/α-hetero) is 1. The van der Waals surface area contributed by atoms with Gasteiger partial charge in [-0.2, -0.15) is 4.31 Å². The van der Waals surface area contributed by atoms with Gasteiger partial charge in [0.05, 0.1) is 18.5 Å². The molecule has 1 saturated heterocycles. The minimum absolute atomic E-state index is 0.0307. The number of thiophene rings is 1. The zero-order chi connectivity index (χ0) is 18.7. The highest BCUT2D eigenvalue weighted by Crippen LogP contribution is 2.28. The number of nitrogens with zero attached hydrogens (tertiary/aromatic N) is 2. The van der Waals surface area contributed by atoms with Crippen molar-refractivity contribution in [2.75, 3.05) is 39.8 Å². The maximum atomic E-state index is 13.5. The Balaban J connectivity index is 1.67. The maximum absolute atomic E-state index is 13.5. The Morgan fingerprint density at radius 2 is 1.96 bits per heavy atom. The number of ether oxygens (including phenoxy) is 1. The topological polar surface area (TPSA) is 66.9 Å². The molecule has 3 rings (SSSR count). The summed E-state index contributed by atoms with van der Waals surface area (Å²) in [6, 6.07) is 7.05. The van der Waals surface area contributed by atoms with E-state index in [9.17, 15) is 17.6 Å². The number of halogens is 1. The number of benzene rings is 1. The number of methoxy groups -OCH3 is 1. The molecule has 2 heterocycles. The van der Waals surface area contributed by atoms with Gasteiger partial charge in [-0.15, -0.1) is 11.3 Å². The lowest BCUT2D eigenvalue weighted by Crippen LogP contribution is -2.49. The maximum Gasteiger partial charge on any atom is 0.246 e. The first-order valence-electron chi connectivity index (χ1n) is 8.04. The normalized spacial score (nSPS) is 16.5. The predicted molar refractivity (Wildman–Crippen MR) is 96.8 cm³/mol. The van der Waals surface area contributed by atoms with Gasteiger partial charge in [0.15, 0.2) is 5.78 Å². The predicted octanol–water partition coefficient (Wildman–Crippen LogP) is 2.08. The summed E-state index contributed by atoms with van der Waals surface area (Å²) < 4.78 is 45.6. The summed E-state index contributed by atoms with van der Waals surface area (Å²) >= 11 is 1.40. The molecule has 26 heavy (non-hydrogen) atoms. The summed E-state index contributed by atoms with van der Waals surface area (Å²) in [6.07, 6.45) is 0. The Bertz CT molecular complexity index is 876. The van der Waals surface area contributed by atoms with Gasteiger partial charge >= 0.3 is 0 Å². The number of rotatable bonds is 6. The van der Waals surface area contributed by atoms with E-state index in [0.717, 1.165) is 12.1 Å². The molecule has 1 fully saturated rings. The number of carbonyl (C=O) groups excluding carboxylic acids is 1. The molecule has 6 nitrogen and oxygen atoms in total. The van der Waals surface area contributed by atoms with E-state index < -0.39 is 15.8 Å². The van der Waals surface area contributed by atoms with Crippen LogP contribution in [0.25, 0.3) is 0 Å². The summed E-state index contributed by atoms with van der Waals surface area (Å²) in [5, 5.41) is 1.85. The van der Waals surface area contributed by atoms with Crippen molar-refractivity contribution in [3.8, 4) is 5.75 Å². The molecule has 0 aliphatic carbocycles. The van der Waals surface area contributed by atoms with E-state index in [-0.39, 0.29) is 36.1 Å². The number of ketones is 1. The molecule has 1 aliphatic rings. The number of carbonyl (C=O) groups is 1. The molecule has 0 unspecified atom stereocenters. The van der Waals surface area contributed by atoms with Crippen molar-refractivity contribution in [3.63, 3.8) is 0 Å². The minimum atomic E-state index is -3.86. The highest BCUT2D eigenvalue weighted by atomic mass is 32.2. The fourth-order valence-corrected chi connectivity index (χ4v) is 5.08. The Morgan fingerprint density at radius 1 is 1.23 bits per heavy atom. The van der Waals surface area contributed by atoms with E-state index in [1.54, 1.807) is 6.07 Å². The van der Waals surface area contributed by atoms with Crippen LogP contribution in [0.15, 0.2) is 40.6 Å². The second-order valence-corrected chi connectivity index (χ2v) is 8.73. The molecule has 0 saturated carbocycles. The second kappa shape index (κ2) is 7.83. The van der Waals surface area contributed by atoms with Gasteiger partial charge in [0.25, 0.3) is 0 Å². The average Bonchev–Trinajstić information content (AvgIpc) is 3.17. The standard InChI is InChI=1S/C17H19FN2O4S2/c1-24-15-5-4-13(18)11-17(15)26(22,23)20-8-6-19(7-9-20)12-14(21)16-3-2-10-25-16/h2-5,10-11H,6-9,12H2,1H3. The first-order valence-corrected chi connectivity index (χ1v) is 10.4. The van der Waals surface area contributed by atoms with E-state index in [2.05, 4.69) is 0 Å². The fourth-order valence-electron chi connectivity index (χ4n) is 2.84. The number of sulfonamides is 1. The largest absolute Gasteiger partial charge is 0.495 e. The average molecular weight is 398 g/mol. The highest BCUT2D eigenvalue weighted by Gasteiger charge is 2.31. The van der Waals surface area contributed by atoms with Crippen molar-refractivity contribution < 1.29 is 22.3 Å². The summed E-state index contributed by atoms with van der Waals surface area (Å²) in [7, 11) is -2.52. The van der Waals surface area contributed by atoms with E-state index >= 15 is 0 Å². The van der Waals surface area contributed by atoms with Gasteiger partial charge in [0, 0.05) is 26.2 Å². The summed E-state index contributed by atoms with van der Waals surface area (Å²) in [5.41, 5.74) is 0.